The predicted molar refractivity (Wildman–Crippen MR) is 93.1 cm³/mol. The van der Waals surface area contributed by atoms with E-state index in [0.29, 0.717) is 11.6 Å². The lowest BCUT2D eigenvalue weighted by Crippen LogP contribution is -2.23. The Morgan fingerprint density at radius 2 is 2.04 bits per heavy atom. The van der Waals surface area contributed by atoms with Crippen molar-refractivity contribution in [2.45, 2.75) is 25.4 Å². The van der Waals surface area contributed by atoms with Crippen molar-refractivity contribution in [1.82, 2.24) is 4.90 Å². The molecule has 1 heterocycles. The number of rotatable bonds is 5. The number of methoxy groups -OCH3 is 2. The van der Waals surface area contributed by atoms with E-state index in [9.17, 15) is 0 Å². The van der Waals surface area contributed by atoms with Crippen molar-refractivity contribution in [2.75, 3.05) is 20.8 Å². The molecule has 0 bridgehead atoms. The van der Waals surface area contributed by atoms with Crippen LogP contribution >= 0.6 is 0 Å². The number of nitrogens with zero attached hydrogens (tertiary/aromatic N) is 2. The van der Waals surface area contributed by atoms with Crippen LogP contribution in [0.25, 0.3) is 0 Å². The SMILES string of the molecule is COc1ccc(OC)c([C@@H]2CCCN2Cc2cccc(C#N)c2)c1. The van der Waals surface area contributed by atoms with Gasteiger partial charge in [0.25, 0.3) is 0 Å². The van der Waals surface area contributed by atoms with Crippen LogP contribution in [0.1, 0.15) is 35.6 Å². The third-order valence-electron chi connectivity index (χ3n) is 4.60. The largest absolute Gasteiger partial charge is 0.497 e. The number of hydrogen-bond acceptors (Lipinski definition) is 4. The van der Waals surface area contributed by atoms with Crippen molar-refractivity contribution in [1.29, 1.82) is 5.26 Å². The van der Waals surface area contributed by atoms with Gasteiger partial charge in [-0.1, -0.05) is 12.1 Å². The Hall–Kier alpha value is -2.51. The molecule has 4 nitrogen and oxygen atoms in total. The molecule has 1 saturated heterocycles. The number of hydrogen-bond donors (Lipinski definition) is 0. The molecule has 0 amide bonds. The zero-order valence-corrected chi connectivity index (χ0v) is 14.2. The van der Waals surface area contributed by atoms with Gasteiger partial charge in [-0.3, -0.25) is 4.90 Å². The summed E-state index contributed by atoms with van der Waals surface area (Å²) in [6, 6.07) is 16.3. The molecule has 2 aromatic rings. The minimum absolute atomic E-state index is 0.306. The molecule has 1 aliphatic rings. The van der Waals surface area contributed by atoms with Gasteiger partial charge in [0.05, 0.1) is 25.9 Å². The van der Waals surface area contributed by atoms with Crippen molar-refractivity contribution in [3.05, 3.63) is 59.2 Å². The summed E-state index contributed by atoms with van der Waals surface area (Å²) in [6.45, 7) is 1.88. The van der Waals surface area contributed by atoms with Crippen LogP contribution in [0.15, 0.2) is 42.5 Å². The Kier molecular flexibility index (Phi) is 5.02. The van der Waals surface area contributed by atoms with Crippen LogP contribution in [0.5, 0.6) is 11.5 Å². The highest BCUT2D eigenvalue weighted by Crippen LogP contribution is 2.39. The van der Waals surface area contributed by atoms with E-state index in [-0.39, 0.29) is 0 Å². The van der Waals surface area contributed by atoms with Gasteiger partial charge in [-0.25, -0.2) is 0 Å². The lowest BCUT2D eigenvalue weighted by molar-refractivity contribution is 0.242. The van der Waals surface area contributed by atoms with Crippen LogP contribution in [-0.2, 0) is 6.54 Å². The molecule has 124 valence electrons. The molecule has 1 fully saturated rings. The molecule has 0 N–H and O–H groups in total. The van der Waals surface area contributed by atoms with Gasteiger partial charge in [0.1, 0.15) is 11.5 Å². The lowest BCUT2D eigenvalue weighted by atomic mass is 10.0. The fraction of sp³-hybridized carbons (Fsp3) is 0.350. The van der Waals surface area contributed by atoms with E-state index in [2.05, 4.69) is 23.1 Å². The predicted octanol–water partition coefficient (Wildman–Crippen LogP) is 3.91. The first-order valence-corrected chi connectivity index (χ1v) is 8.20. The minimum Gasteiger partial charge on any atom is -0.497 e. The second-order valence-electron chi connectivity index (χ2n) is 6.05. The molecule has 3 rings (SSSR count). The molecular weight excluding hydrogens is 300 g/mol. The molecule has 0 unspecified atom stereocenters. The summed E-state index contributed by atoms with van der Waals surface area (Å²) >= 11 is 0. The van der Waals surface area contributed by atoms with Gasteiger partial charge >= 0.3 is 0 Å². The fourth-order valence-electron chi connectivity index (χ4n) is 3.44. The van der Waals surface area contributed by atoms with Gasteiger partial charge in [0.15, 0.2) is 0 Å². The molecule has 0 spiro atoms. The Morgan fingerprint density at radius 3 is 2.79 bits per heavy atom. The third-order valence-corrected chi connectivity index (χ3v) is 4.60. The maximum absolute atomic E-state index is 9.08. The van der Waals surface area contributed by atoms with E-state index >= 15 is 0 Å². The maximum Gasteiger partial charge on any atom is 0.123 e. The van der Waals surface area contributed by atoms with Gasteiger partial charge in [-0.15, -0.1) is 0 Å². The van der Waals surface area contributed by atoms with E-state index in [4.69, 9.17) is 14.7 Å². The second kappa shape index (κ2) is 7.37. The highest BCUT2D eigenvalue weighted by molar-refractivity contribution is 5.43. The molecule has 0 radical (unpaired) electrons. The molecular formula is C20H22N2O2. The summed E-state index contributed by atoms with van der Waals surface area (Å²) in [4.78, 5) is 2.45. The number of likely N-dealkylation sites (tertiary alicyclic amines) is 1. The van der Waals surface area contributed by atoms with E-state index in [1.165, 1.54) is 11.1 Å². The molecule has 0 saturated carbocycles. The quantitative estimate of drug-likeness (QED) is 0.837. The average molecular weight is 322 g/mol. The highest BCUT2D eigenvalue weighted by Gasteiger charge is 2.28. The van der Waals surface area contributed by atoms with Crippen LogP contribution in [0.4, 0.5) is 0 Å². The van der Waals surface area contributed by atoms with Gasteiger partial charge in [-0.2, -0.15) is 5.26 Å². The standard InChI is InChI=1S/C20H22N2O2/c1-23-17-8-9-20(24-2)18(12-17)19-7-4-10-22(19)14-16-6-3-5-15(11-16)13-21/h3,5-6,8-9,11-12,19H,4,7,10,14H2,1-2H3/t19-/m0/s1. The molecule has 0 aliphatic carbocycles. The molecule has 2 aromatic carbocycles. The van der Waals surface area contributed by atoms with Gasteiger partial charge in [-0.05, 0) is 55.3 Å². The normalized spacial score (nSPS) is 17.5. The van der Waals surface area contributed by atoms with Crippen molar-refractivity contribution < 1.29 is 9.47 Å². The van der Waals surface area contributed by atoms with Crippen molar-refractivity contribution in [2.24, 2.45) is 0 Å². The molecule has 1 atom stereocenters. The first-order valence-electron chi connectivity index (χ1n) is 8.20. The molecule has 1 aliphatic heterocycles. The first-order chi connectivity index (χ1) is 11.7. The zero-order chi connectivity index (χ0) is 16.9. The minimum atomic E-state index is 0.306. The van der Waals surface area contributed by atoms with E-state index in [0.717, 1.165) is 37.4 Å². The van der Waals surface area contributed by atoms with E-state index < -0.39 is 0 Å². The number of benzene rings is 2. The molecule has 0 aromatic heterocycles. The van der Waals surface area contributed by atoms with Crippen LogP contribution in [-0.4, -0.2) is 25.7 Å². The second-order valence-corrected chi connectivity index (χ2v) is 6.05. The van der Waals surface area contributed by atoms with E-state index in [1.54, 1.807) is 14.2 Å². The highest BCUT2D eigenvalue weighted by atomic mass is 16.5. The summed E-state index contributed by atoms with van der Waals surface area (Å²) < 4.78 is 11.0. The summed E-state index contributed by atoms with van der Waals surface area (Å²) in [7, 11) is 3.40. The average Bonchev–Trinajstić information content (AvgIpc) is 3.09. The summed E-state index contributed by atoms with van der Waals surface area (Å²) in [5, 5.41) is 9.08. The smallest absolute Gasteiger partial charge is 0.123 e. The summed E-state index contributed by atoms with van der Waals surface area (Å²) in [5.41, 5.74) is 3.05. The van der Waals surface area contributed by atoms with E-state index in [1.807, 2.05) is 30.3 Å². The molecule has 4 heteroatoms. The Morgan fingerprint density at radius 1 is 1.17 bits per heavy atom. The summed E-state index contributed by atoms with van der Waals surface area (Å²) in [5.74, 6) is 1.75. The zero-order valence-electron chi connectivity index (χ0n) is 14.2. The Bertz CT molecular complexity index is 752. The topological polar surface area (TPSA) is 45.5 Å². The monoisotopic (exact) mass is 322 g/mol. The van der Waals surface area contributed by atoms with Crippen molar-refractivity contribution in [3.8, 4) is 17.6 Å². The summed E-state index contributed by atoms with van der Waals surface area (Å²) in [6.07, 6.45) is 2.25. The number of nitriles is 1. The third kappa shape index (κ3) is 3.37. The van der Waals surface area contributed by atoms with Gasteiger partial charge < -0.3 is 9.47 Å². The fourth-order valence-corrected chi connectivity index (χ4v) is 3.44. The van der Waals surface area contributed by atoms with Crippen LogP contribution < -0.4 is 9.47 Å². The lowest BCUT2D eigenvalue weighted by Gasteiger charge is -2.26. The van der Waals surface area contributed by atoms with Gasteiger partial charge in [0, 0.05) is 18.2 Å². The van der Waals surface area contributed by atoms with Crippen molar-refractivity contribution in [3.63, 3.8) is 0 Å². The van der Waals surface area contributed by atoms with Gasteiger partial charge in [0.2, 0.25) is 0 Å². The van der Waals surface area contributed by atoms with Crippen LogP contribution in [0.3, 0.4) is 0 Å². The Labute approximate surface area is 143 Å². The van der Waals surface area contributed by atoms with Crippen LogP contribution in [0, 0.1) is 11.3 Å². The Balaban J connectivity index is 1.86. The van der Waals surface area contributed by atoms with Crippen molar-refractivity contribution >= 4 is 0 Å². The van der Waals surface area contributed by atoms with Crippen LogP contribution in [0.2, 0.25) is 0 Å². The molecule has 24 heavy (non-hydrogen) atoms. The first kappa shape index (κ1) is 16.4. The maximum atomic E-state index is 9.08. The number of ether oxygens (including phenoxy) is 2.